The van der Waals surface area contributed by atoms with E-state index in [1.165, 1.54) is 0 Å². The molecule has 0 bridgehead atoms. The van der Waals surface area contributed by atoms with Crippen LogP contribution in [0.4, 0.5) is 4.79 Å². The largest absolute Gasteiger partial charge is 0.485 e. The van der Waals surface area contributed by atoms with Crippen LogP contribution in [0.25, 0.3) is 0 Å². The first kappa shape index (κ1) is 21.9. The van der Waals surface area contributed by atoms with Crippen molar-refractivity contribution in [3.8, 4) is 11.5 Å². The van der Waals surface area contributed by atoms with Gasteiger partial charge in [-0.2, -0.15) is 0 Å². The van der Waals surface area contributed by atoms with Gasteiger partial charge in [0.05, 0.1) is 26.2 Å². The number of benzene rings is 1. The SMILES string of the molecule is CC(C)CCNC(=O)NC(=O)C[NH+]1CCN(C(=O)[C@H]2COc3ccccc3O2)CC1. The van der Waals surface area contributed by atoms with Crippen LogP contribution in [0, 0.1) is 5.92 Å². The predicted molar refractivity (Wildman–Crippen MR) is 109 cm³/mol. The molecule has 2 aliphatic rings. The van der Waals surface area contributed by atoms with Gasteiger partial charge in [0, 0.05) is 6.54 Å². The average molecular weight is 420 g/mol. The number of carbonyl (C=O) groups is 3. The molecule has 9 heteroatoms. The Morgan fingerprint density at radius 1 is 1.17 bits per heavy atom. The van der Waals surface area contributed by atoms with Crippen LogP contribution >= 0.6 is 0 Å². The fourth-order valence-corrected chi connectivity index (χ4v) is 3.48. The van der Waals surface area contributed by atoms with Crippen LogP contribution in [0.15, 0.2) is 24.3 Å². The van der Waals surface area contributed by atoms with Gasteiger partial charge in [0.15, 0.2) is 18.0 Å². The van der Waals surface area contributed by atoms with E-state index < -0.39 is 12.1 Å². The number of ether oxygens (including phenoxy) is 2. The number of para-hydroxylation sites is 2. The molecule has 1 atom stereocenters. The number of nitrogens with one attached hydrogen (secondary N) is 3. The third kappa shape index (κ3) is 6.09. The fourth-order valence-electron chi connectivity index (χ4n) is 3.48. The Morgan fingerprint density at radius 3 is 2.57 bits per heavy atom. The summed E-state index contributed by atoms with van der Waals surface area (Å²) in [7, 11) is 0. The van der Waals surface area contributed by atoms with Crippen molar-refractivity contribution in [2.24, 2.45) is 5.92 Å². The van der Waals surface area contributed by atoms with Crippen LogP contribution in [0.5, 0.6) is 11.5 Å². The van der Waals surface area contributed by atoms with Crippen molar-refractivity contribution in [3.63, 3.8) is 0 Å². The second-order valence-electron chi connectivity index (χ2n) is 8.10. The zero-order chi connectivity index (χ0) is 21.5. The summed E-state index contributed by atoms with van der Waals surface area (Å²) in [6, 6.07) is 6.84. The molecule has 164 valence electrons. The van der Waals surface area contributed by atoms with Crippen molar-refractivity contribution >= 4 is 17.8 Å². The minimum absolute atomic E-state index is 0.0995. The van der Waals surface area contributed by atoms with Gasteiger partial charge in [-0.25, -0.2) is 4.79 Å². The van der Waals surface area contributed by atoms with Crippen LogP contribution in [-0.2, 0) is 9.59 Å². The van der Waals surface area contributed by atoms with Crippen molar-refractivity contribution in [2.75, 3.05) is 45.9 Å². The van der Waals surface area contributed by atoms with E-state index >= 15 is 0 Å². The first-order valence-corrected chi connectivity index (χ1v) is 10.5. The third-order valence-corrected chi connectivity index (χ3v) is 5.24. The quantitative estimate of drug-likeness (QED) is 0.573. The summed E-state index contributed by atoms with van der Waals surface area (Å²) in [6.45, 7) is 7.43. The molecule has 3 rings (SSSR count). The molecule has 1 aromatic carbocycles. The van der Waals surface area contributed by atoms with Crippen molar-refractivity contribution in [1.82, 2.24) is 15.5 Å². The van der Waals surface area contributed by atoms with E-state index in [1.807, 2.05) is 18.2 Å². The molecule has 2 heterocycles. The van der Waals surface area contributed by atoms with Crippen molar-refractivity contribution < 1.29 is 28.8 Å². The zero-order valence-electron chi connectivity index (χ0n) is 17.6. The molecule has 0 aliphatic carbocycles. The van der Waals surface area contributed by atoms with E-state index in [4.69, 9.17) is 9.47 Å². The maximum absolute atomic E-state index is 12.8. The number of hydrogen-bond donors (Lipinski definition) is 3. The molecule has 0 saturated carbocycles. The second-order valence-corrected chi connectivity index (χ2v) is 8.10. The Labute approximate surface area is 176 Å². The highest BCUT2D eigenvalue weighted by Gasteiger charge is 2.34. The molecule has 4 amide bonds. The Kier molecular flexibility index (Phi) is 7.51. The number of fused-ring (bicyclic) bond motifs is 1. The maximum Gasteiger partial charge on any atom is 0.321 e. The summed E-state index contributed by atoms with van der Waals surface area (Å²) in [6.07, 6.45) is 0.212. The van der Waals surface area contributed by atoms with Gasteiger partial charge in [-0.3, -0.25) is 14.9 Å². The number of amides is 4. The van der Waals surface area contributed by atoms with Gasteiger partial charge in [0.1, 0.15) is 6.61 Å². The van der Waals surface area contributed by atoms with Gasteiger partial charge in [0.2, 0.25) is 6.10 Å². The topological polar surface area (TPSA) is 101 Å². The van der Waals surface area contributed by atoms with Crippen LogP contribution in [0.3, 0.4) is 0 Å². The van der Waals surface area contributed by atoms with Gasteiger partial charge >= 0.3 is 6.03 Å². The highest BCUT2D eigenvalue weighted by atomic mass is 16.6. The number of carbonyl (C=O) groups excluding carboxylic acids is 3. The summed E-state index contributed by atoms with van der Waals surface area (Å²) >= 11 is 0. The monoisotopic (exact) mass is 419 g/mol. The number of imide groups is 1. The minimum Gasteiger partial charge on any atom is -0.485 e. The molecule has 1 saturated heterocycles. The first-order valence-electron chi connectivity index (χ1n) is 10.5. The lowest BCUT2D eigenvalue weighted by atomic mass is 10.1. The van der Waals surface area contributed by atoms with Gasteiger partial charge in [-0.1, -0.05) is 26.0 Å². The number of quaternary nitrogens is 1. The van der Waals surface area contributed by atoms with E-state index in [0.29, 0.717) is 50.1 Å². The third-order valence-electron chi connectivity index (χ3n) is 5.24. The second kappa shape index (κ2) is 10.3. The molecule has 9 nitrogen and oxygen atoms in total. The molecule has 30 heavy (non-hydrogen) atoms. The summed E-state index contributed by atoms with van der Waals surface area (Å²) in [4.78, 5) is 39.4. The molecule has 1 aromatic rings. The van der Waals surface area contributed by atoms with Crippen LogP contribution in [0.1, 0.15) is 20.3 Å². The van der Waals surface area contributed by atoms with Gasteiger partial charge in [-0.15, -0.1) is 0 Å². The lowest BCUT2D eigenvalue weighted by Crippen LogP contribution is -3.16. The highest BCUT2D eigenvalue weighted by Crippen LogP contribution is 2.31. The molecule has 2 aliphatic heterocycles. The van der Waals surface area contributed by atoms with E-state index in [9.17, 15) is 14.4 Å². The summed E-state index contributed by atoms with van der Waals surface area (Å²) in [5.74, 6) is 1.31. The molecule has 1 fully saturated rings. The molecule has 3 N–H and O–H groups in total. The molecular formula is C21H31N4O5+. The molecule has 0 aromatic heterocycles. The van der Waals surface area contributed by atoms with Crippen molar-refractivity contribution in [2.45, 2.75) is 26.4 Å². The Hall–Kier alpha value is -2.81. The zero-order valence-corrected chi connectivity index (χ0v) is 17.6. The van der Waals surface area contributed by atoms with E-state index in [2.05, 4.69) is 24.5 Å². The summed E-state index contributed by atoms with van der Waals surface area (Å²) in [5, 5.41) is 5.06. The lowest BCUT2D eigenvalue weighted by Gasteiger charge is -2.35. The van der Waals surface area contributed by atoms with Crippen LogP contribution < -0.4 is 25.0 Å². The lowest BCUT2D eigenvalue weighted by molar-refractivity contribution is -0.896. The Morgan fingerprint density at radius 2 is 1.87 bits per heavy atom. The molecule has 0 radical (unpaired) electrons. The van der Waals surface area contributed by atoms with E-state index in [-0.39, 0.29) is 25.0 Å². The van der Waals surface area contributed by atoms with E-state index in [0.717, 1.165) is 11.3 Å². The van der Waals surface area contributed by atoms with Gasteiger partial charge in [-0.05, 0) is 24.5 Å². The number of rotatable bonds is 6. The minimum atomic E-state index is -0.653. The van der Waals surface area contributed by atoms with Crippen molar-refractivity contribution in [1.29, 1.82) is 0 Å². The number of piperazine rings is 1. The average Bonchev–Trinajstić information content (AvgIpc) is 2.73. The normalized spacial score (nSPS) is 18.8. The molecule has 0 spiro atoms. The first-order chi connectivity index (χ1) is 14.4. The van der Waals surface area contributed by atoms with Crippen molar-refractivity contribution in [3.05, 3.63) is 24.3 Å². The van der Waals surface area contributed by atoms with Crippen LogP contribution in [0.2, 0.25) is 0 Å². The van der Waals surface area contributed by atoms with Gasteiger partial charge < -0.3 is 24.6 Å². The predicted octanol–water partition coefficient (Wildman–Crippen LogP) is -0.575. The van der Waals surface area contributed by atoms with Crippen LogP contribution in [-0.4, -0.2) is 74.7 Å². The fraction of sp³-hybridized carbons (Fsp3) is 0.571. The number of urea groups is 1. The summed E-state index contributed by atoms with van der Waals surface area (Å²) < 4.78 is 11.4. The van der Waals surface area contributed by atoms with E-state index in [1.54, 1.807) is 11.0 Å². The Bertz CT molecular complexity index is 762. The number of nitrogens with zero attached hydrogens (tertiary/aromatic N) is 1. The maximum atomic E-state index is 12.8. The Balaban J connectivity index is 1.38. The van der Waals surface area contributed by atoms with Gasteiger partial charge in [0.25, 0.3) is 11.8 Å². The molecule has 0 unspecified atom stereocenters. The summed E-state index contributed by atoms with van der Waals surface area (Å²) in [5.41, 5.74) is 0. The highest BCUT2D eigenvalue weighted by molar-refractivity contribution is 5.94. The smallest absolute Gasteiger partial charge is 0.321 e. The molecular weight excluding hydrogens is 388 g/mol. The number of hydrogen-bond acceptors (Lipinski definition) is 5. The standard InChI is InChI=1S/C21H30N4O5/c1-15(2)7-8-22-21(28)23-19(26)13-24-9-11-25(12-10-24)20(27)18-14-29-16-5-3-4-6-17(16)30-18/h3-6,15,18H,7-14H2,1-2H3,(H2,22,23,26,28)/p+1/t18-/m1/s1.